The maximum Gasteiger partial charge on any atom is 0.330 e. The van der Waals surface area contributed by atoms with Crippen LogP contribution in [-0.4, -0.2) is 44.8 Å². The second-order valence-corrected chi connectivity index (χ2v) is 8.64. The molecular formula is C23H39N5O4. The van der Waals surface area contributed by atoms with Gasteiger partial charge in [0.15, 0.2) is 11.2 Å². The van der Waals surface area contributed by atoms with Crippen LogP contribution < -0.4 is 16.6 Å². The molecule has 0 aliphatic carbocycles. The van der Waals surface area contributed by atoms with Crippen LogP contribution in [0.5, 0.6) is 0 Å². The summed E-state index contributed by atoms with van der Waals surface area (Å²) in [7, 11) is 0. The zero-order valence-electron chi connectivity index (χ0n) is 20.0. The number of aryl methyl sites for hydroxylation is 2. The van der Waals surface area contributed by atoms with E-state index in [0.29, 0.717) is 49.7 Å². The van der Waals surface area contributed by atoms with Gasteiger partial charge in [0.1, 0.15) is 5.82 Å². The molecule has 0 aliphatic heterocycles. The van der Waals surface area contributed by atoms with Gasteiger partial charge in [0.2, 0.25) is 5.91 Å². The Kier molecular flexibility index (Phi) is 10.7. The Balaban J connectivity index is 2.11. The van der Waals surface area contributed by atoms with Crippen LogP contribution in [0.1, 0.15) is 72.0 Å². The molecule has 0 radical (unpaired) electrons. The highest BCUT2D eigenvalue weighted by Gasteiger charge is 2.19. The number of hydrogen-bond donors (Lipinski definition) is 2. The van der Waals surface area contributed by atoms with Crippen molar-refractivity contribution in [2.24, 2.45) is 5.92 Å². The first-order valence-electron chi connectivity index (χ1n) is 12.0. The standard InChI is InChI=1S/C23H39N5O4/c1-5-7-13-27-21-20(22(30)26-23(27)31)28(16-17(3)4)18(25-21)10-11-19(29)24-12-9-15-32-14-8-6-2/h17H,5-16H2,1-4H3,(H,24,29)(H,26,30,31). The Morgan fingerprint density at radius 3 is 2.50 bits per heavy atom. The molecule has 2 N–H and O–H groups in total. The van der Waals surface area contributed by atoms with Gasteiger partial charge in [0.05, 0.1) is 0 Å². The molecule has 0 spiro atoms. The van der Waals surface area contributed by atoms with E-state index < -0.39 is 11.2 Å². The van der Waals surface area contributed by atoms with E-state index in [4.69, 9.17) is 4.74 Å². The van der Waals surface area contributed by atoms with E-state index in [9.17, 15) is 14.4 Å². The number of aromatic nitrogens is 4. The van der Waals surface area contributed by atoms with Crippen molar-refractivity contribution in [3.8, 4) is 0 Å². The fourth-order valence-corrected chi connectivity index (χ4v) is 3.56. The van der Waals surface area contributed by atoms with E-state index in [1.54, 1.807) is 4.57 Å². The lowest BCUT2D eigenvalue weighted by molar-refractivity contribution is -0.121. The number of unbranched alkanes of at least 4 members (excludes halogenated alkanes) is 2. The normalized spacial score (nSPS) is 11.5. The zero-order valence-corrected chi connectivity index (χ0v) is 20.0. The molecule has 0 bridgehead atoms. The van der Waals surface area contributed by atoms with Crippen LogP contribution in [0.15, 0.2) is 9.59 Å². The molecule has 2 rings (SSSR count). The van der Waals surface area contributed by atoms with E-state index in [1.165, 1.54) is 0 Å². The summed E-state index contributed by atoms with van der Waals surface area (Å²) in [5.74, 6) is 0.884. The molecule has 2 heterocycles. The van der Waals surface area contributed by atoms with Gasteiger partial charge >= 0.3 is 5.69 Å². The number of amides is 1. The first kappa shape index (κ1) is 25.8. The quantitative estimate of drug-likeness (QED) is 0.406. The van der Waals surface area contributed by atoms with Gasteiger partial charge in [-0.15, -0.1) is 0 Å². The van der Waals surface area contributed by atoms with Crippen molar-refractivity contribution in [3.63, 3.8) is 0 Å². The Bertz CT molecular complexity index is 973. The molecule has 180 valence electrons. The molecule has 9 nitrogen and oxygen atoms in total. The first-order chi connectivity index (χ1) is 15.4. The van der Waals surface area contributed by atoms with E-state index in [2.05, 4.69) is 36.1 Å². The van der Waals surface area contributed by atoms with Crippen LogP contribution in [0.3, 0.4) is 0 Å². The predicted octanol–water partition coefficient (Wildman–Crippen LogP) is 2.60. The number of carbonyl (C=O) groups is 1. The molecular weight excluding hydrogens is 410 g/mol. The summed E-state index contributed by atoms with van der Waals surface area (Å²) in [5.41, 5.74) is -0.0400. The molecule has 0 aliphatic rings. The highest BCUT2D eigenvalue weighted by atomic mass is 16.5. The highest BCUT2D eigenvalue weighted by Crippen LogP contribution is 2.16. The molecule has 1 amide bonds. The van der Waals surface area contributed by atoms with Gasteiger partial charge in [-0.05, 0) is 25.2 Å². The minimum Gasteiger partial charge on any atom is -0.381 e. The number of fused-ring (bicyclic) bond motifs is 1. The van der Waals surface area contributed by atoms with Gasteiger partial charge in [0.25, 0.3) is 5.56 Å². The summed E-state index contributed by atoms with van der Waals surface area (Å²) in [6.07, 6.45) is 5.36. The van der Waals surface area contributed by atoms with Crippen LogP contribution in [-0.2, 0) is 29.0 Å². The highest BCUT2D eigenvalue weighted by molar-refractivity contribution is 5.76. The fourth-order valence-electron chi connectivity index (χ4n) is 3.56. The zero-order chi connectivity index (χ0) is 23.5. The van der Waals surface area contributed by atoms with Gasteiger partial charge in [-0.3, -0.25) is 19.1 Å². The molecule has 9 heteroatoms. The lowest BCUT2D eigenvalue weighted by atomic mass is 10.2. The molecule has 2 aromatic rings. The van der Waals surface area contributed by atoms with Gasteiger partial charge in [0, 0.05) is 45.7 Å². The average Bonchev–Trinajstić information content (AvgIpc) is 3.09. The van der Waals surface area contributed by atoms with Crippen molar-refractivity contribution in [2.75, 3.05) is 19.8 Å². The second kappa shape index (κ2) is 13.2. The van der Waals surface area contributed by atoms with Crippen LogP contribution >= 0.6 is 0 Å². The Morgan fingerprint density at radius 2 is 1.81 bits per heavy atom. The maximum atomic E-state index is 12.6. The largest absolute Gasteiger partial charge is 0.381 e. The van der Waals surface area contributed by atoms with Gasteiger partial charge in [-0.25, -0.2) is 9.78 Å². The van der Waals surface area contributed by atoms with Crippen molar-refractivity contribution in [2.45, 2.75) is 85.7 Å². The van der Waals surface area contributed by atoms with Crippen molar-refractivity contribution < 1.29 is 9.53 Å². The number of carbonyl (C=O) groups excluding carboxylic acids is 1. The monoisotopic (exact) mass is 449 g/mol. The molecule has 2 aromatic heterocycles. The van der Waals surface area contributed by atoms with Crippen LogP contribution in [0.4, 0.5) is 0 Å². The van der Waals surface area contributed by atoms with Crippen molar-refractivity contribution >= 4 is 17.1 Å². The minimum atomic E-state index is -0.435. The number of hydrogen-bond acceptors (Lipinski definition) is 5. The smallest absolute Gasteiger partial charge is 0.330 e. The number of nitrogens with zero attached hydrogens (tertiary/aromatic N) is 3. The summed E-state index contributed by atoms with van der Waals surface area (Å²) >= 11 is 0. The topological polar surface area (TPSA) is 111 Å². The molecule has 0 fully saturated rings. The number of rotatable bonds is 15. The number of ether oxygens (including phenoxy) is 1. The lowest BCUT2D eigenvalue weighted by Gasteiger charge is -2.11. The van der Waals surface area contributed by atoms with Crippen molar-refractivity contribution in [1.29, 1.82) is 0 Å². The Morgan fingerprint density at radius 1 is 1.09 bits per heavy atom. The molecule has 32 heavy (non-hydrogen) atoms. The van der Waals surface area contributed by atoms with Crippen molar-refractivity contribution in [1.82, 2.24) is 24.4 Å². The third-order valence-corrected chi connectivity index (χ3v) is 5.25. The molecule has 0 saturated carbocycles. The fraction of sp³-hybridized carbons (Fsp3) is 0.739. The summed E-state index contributed by atoms with van der Waals surface area (Å²) in [6.45, 7) is 11.4. The first-order valence-corrected chi connectivity index (χ1v) is 12.0. The SMILES string of the molecule is CCCCOCCCNC(=O)CCc1nc2c(c(=O)[nH]c(=O)n2CCCC)n1CC(C)C. The van der Waals surface area contributed by atoms with Crippen LogP contribution in [0.2, 0.25) is 0 Å². The average molecular weight is 450 g/mol. The van der Waals surface area contributed by atoms with E-state index in [-0.39, 0.29) is 18.2 Å². The van der Waals surface area contributed by atoms with Crippen molar-refractivity contribution in [3.05, 3.63) is 26.7 Å². The van der Waals surface area contributed by atoms with Gasteiger partial charge in [-0.1, -0.05) is 40.5 Å². The minimum absolute atomic E-state index is 0.0565. The van der Waals surface area contributed by atoms with Crippen LogP contribution in [0, 0.1) is 5.92 Å². The van der Waals surface area contributed by atoms with E-state index in [0.717, 1.165) is 38.7 Å². The van der Waals surface area contributed by atoms with E-state index >= 15 is 0 Å². The third kappa shape index (κ3) is 7.32. The van der Waals surface area contributed by atoms with Gasteiger partial charge < -0.3 is 14.6 Å². The lowest BCUT2D eigenvalue weighted by Crippen LogP contribution is -2.31. The number of nitrogens with one attached hydrogen (secondary N) is 2. The second-order valence-electron chi connectivity index (χ2n) is 8.64. The number of imidazole rings is 1. The molecule has 0 aromatic carbocycles. The van der Waals surface area contributed by atoms with Gasteiger partial charge in [-0.2, -0.15) is 0 Å². The number of H-pyrrole nitrogens is 1. The summed E-state index contributed by atoms with van der Waals surface area (Å²) in [6, 6.07) is 0. The summed E-state index contributed by atoms with van der Waals surface area (Å²) in [4.78, 5) is 44.4. The Labute approximate surface area is 189 Å². The molecule has 0 unspecified atom stereocenters. The predicted molar refractivity (Wildman–Crippen MR) is 126 cm³/mol. The van der Waals surface area contributed by atoms with Crippen LogP contribution in [0.25, 0.3) is 11.2 Å². The number of aromatic amines is 1. The molecule has 0 saturated heterocycles. The molecule has 0 atom stereocenters. The van der Waals surface area contributed by atoms with E-state index in [1.807, 2.05) is 11.5 Å². The Hall–Kier alpha value is -2.42. The summed E-state index contributed by atoms with van der Waals surface area (Å²) in [5, 5.41) is 2.92. The third-order valence-electron chi connectivity index (χ3n) is 5.25. The summed E-state index contributed by atoms with van der Waals surface area (Å²) < 4.78 is 8.92. The maximum absolute atomic E-state index is 12.6.